The number of ether oxygens (including phenoxy) is 4. The summed E-state index contributed by atoms with van der Waals surface area (Å²) >= 11 is 5.94. The SMILES string of the molecule is COCCNc1nn(-c2ccc(Cl)cc2)c2cnccc12.Cc1ccc(-n2nc(N3CCC(O)CC3)c3ccncc32)cc1.Cc1ccc(-n2nc(N3CCCOCC3)c3ccncc32)cc1.Cc1ccc(-n2nc(N3CCNC(=O)C3)c3ccncc32)cc1.Cc1ccc(-n2nc(N3CCOC(CN)C3)c3ccncc32)cc1.Cc1ccc(-n2nc(N3CCOCC3C)c3ccncc32)cc1.O=C=O. The lowest BCUT2D eigenvalue weighted by molar-refractivity contribution is -0.191. The third-order valence-corrected chi connectivity index (χ3v) is 25.1. The predicted molar refractivity (Wildman–Crippen MR) is 546 cm³/mol. The van der Waals surface area contributed by atoms with Crippen LogP contribution in [0.3, 0.4) is 0 Å². The lowest BCUT2D eigenvalue weighted by Crippen LogP contribution is -2.47. The Morgan fingerprint density at radius 2 is 0.793 bits per heavy atom. The van der Waals surface area contributed by atoms with E-state index in [2.05, 4.69) is 216 Å². The second-order valence-electron chi connectivity index (χ2n) is 34.7. The fourth-order valence-corrected chi connectivity index (χ4v) is 17.5. The molecule has 2 unspecified atom stereocenters. The van der Waals surface area contributed by atoms with Gasteiger partial charge < -0.3 is 64.9 Å². The number of fused-ring (bicyclic) bond motifs is 6. The molecule has 5 saturated heterocycles. The van der Waals surface area contributed by atoms with Crippen molar-refractivity contribution < 1.29 is 38.4 Å². The van der Waals surface area contributed by atoms with E-state index in [1.807, 2.05) is 162 Å². The molecule has 5 N–H and O–H groups in total. The van der Waals surface area contributed by atoms with Crippen LogP contribution in [0, 0.1) is 34.6 Å². The maximum atomic E-state index is 11.7. The topological polar surface area (TPSA) is 359 Å². The minimum Gasteiger partial charge on any atom is -0.393 e. The number of rotatable bonds is 16. The first-order chi connectivity index (χ1) is 68.5. The average Bonchev–Trinajstić information content (AvgIpc) is 1.63. The van der Waals surface area contributed by atoms with Crippen molar-refractivity contribution in [3.8, 4) is 34.1 Å². The number of aliphatic hydroxyl groups is 1. The van der Waals surface area contributed by atoms with Crippen molar-refractivity contribution >= 4 is 124 Å². The fraction of sp³-hybridized carbons (Fsp3) is 0.295. The number of hydrogen-bond donors (Lipinski definition) is 4. The number of nitrogens with one attached hydrogen (secondary N) is 2. The van der Waals surface area contributed by atoms with Crippen molar-refractivity contribution in [1.29, 1.82) is 0 Å². The van der Waals surface area contributed by atoms with Crippen molar-refractivity contribution in [2.45, 2.75) is 79.1 Å². The van der Waals surface area contributed by atoms with Gasteiger partial charge in [-0.15, -0.1) is 30.6 Å². The summed E-state index contributed by atoms with van der Waals surface area (Å²) in [4.78, 5) is 64.7. The van der Waals surface area contributed by atoms with E-state index < -0.39 is 0 Å². The molecule has 5 aliphatic heterocycles. The zero-order chi connectivity index (χ0) is 97.0. The number of aromatic nitrogens is 18. The number of piperazine rings is 1. The van der Waals surface area contributed by atoms with E-state index in [1.165, 1.54) is 27.8 Å². The maximum Gasteiger partial charge on any atom is 0.373 e. The monoisotopic (exact) mass is 1900 g/mol. The summed E-state index contributed by atoms with van der Waals surface area (Å²) < 4.78 is 33.5. The Morgan fingerprint density at radius 3 is 1.20 bits per heavy atom. The molecule has 5 fully saturated rings. The van der Waals surface area contributed by atoms with E-state index in [0.29, 0.717) is 50.5 Å². The van der Waals surface area contributed by atoms with Crippen LogP contribution in [0.1, 0.15) is 54.0 Å². The summed E-state index contributed by atoms with van der Waals surface area (Å²) in [5.74, 6) is 5.66. The zero-order valence-electron chi connectivity index (χ0n) is 79.4. The number of aryl methyl sites for hydroxylation is 5. The normalized spacial score (nSPS) is 15.6. The van der Waals surface area contributed by atoms with Crippen LogP contribution in [-0.4, -0.2) is 249 Å². The third kappa shape index (κ3) is 22.6. The quantitative estimate of drug-likeness (QED) is 0.0653. The van der Waals surface area contributed by atoms with Gasteiger partial charge in [-0.25, -0.2) is 28.1 Å². The molecule has 5 aliphatic rings. The summed E-state index contributed by atoms with van der Waals surface area (Å²) in [7, 11) is 1.68. The Balaban J connectivity index is 0.000000115. The van der Waals surface area contributed by atoms with Gasteiger partial charge in [0.15, 0.2) is 34.9 Å². The first-order valence-electron chi connectivity index (χ1n) is 47.0. The number of carbonyl (C=O) groups is 1. The first-order valence-corrected chi connectivity index (χ1v) is 47.3. The van der Waals surface area contributed by atoms with E-state index in [4.69, 9.17) is 71.4 Å². The van der Waals surface area contributed by atoms with Crippen LogP contribution in [-0.2, 0) is 33.3 Å². The standard InChI is InChI=1S/C18H21N5O.3C18H20N4O.C17H17N5O.C15H15ClN4O.CO2/c1-13-2-4-14(5-3-13)23-17-11-20-7-6-16(17)18(21-23)22-8-9-24-15(10-19)12-22;1-13-3-5-15(6-4-13)22-17-11-19-8-7-16(17)18(20-22)21-9-10-23-12-14(21)2;1-14-3-5-15(6-4-14)22-17-13-19-8-7-16(17)18(20-22)21-9-2-11-23-12-10-21;1-13-2-4-14(5-3-13)22-17-12-19-9-6-16(17)18(20-22)21-10-7-15(23)8-11-21;1-12-2-4-13(5-3-12)22-15-10-18-7-6-14(15)17(20-22)21-9-8-19-16(23)11-21;1-21-9-8-18-15-13-6-7-17-10-14(13)20(19-15)12-4-2-11(16)3-5-12;2-1-3/h2-7,11,15H,8-10,12,19H2,1H3;3-8,11,14H,9-10,12H2,1-2H3;3-8,13H,2,9-12H2,1H3;2-6,9,12,15,23H,7-8,10-11H2,1H3;2-7,10H,8-9,11H2,1H3,(H,19,23);2-7,10H,8-9H2,1H3,(H,18,19);. The summed E-state index contributed by atoms with van der Waals surface area (Å²) in [6.45, 7) is 25.9. The van der Waals surface area contributed by atoms with Gasteiger partial charge in [0.25, 0.3) is 0 Å². The van der Waals surface area contributed by atoms with E-state index in [9.17, 15) is 9.90 Å². The van der Waals surface area contributed by atoms with Gasteiger partial charge in [0.2, 0.25) is 5.91 Å². The molecule has 18 aromatic rings. The minimum absolute atomic E-state index is 0.0309. The summed E-state index contributed by atoms with van der Waals surface area (Å²) in [5, 5.41) is 52.0. The van der Waals surface area contributed by atoms with Crippen LogP contribution in [0.5, 0.6) is 0 Å². The van der Waals surface area contributed by atoms with Gasteiger partial charge in [-0.1, -0.05) is 100 Å². The molecular formula is C105H113ClN26O8. The lowest BCUT2D eigenvalue weighted by atomic mass is 10.1. The molecule has 12 aromatic heterocycles. The molecule has 34 nitrogen and oxygen atoms in total. The van der Waals surface area contributed by atoms with E-state index in [0.717, 1.165) is 232 Å². The molecule has 17 heterocycles. The summed E-state index contributed by atoms with van der Waals surface area (Å²) in [6.07, 6.45) is 24.7. The highest BCUT2D eigenvalue weighted by Crippen LogP contribution is 2.37. The third-order valence-electron chi connectivity index (χ3n) is 24.8. The van der Waals surface area contributed by atoms with Crippen LogP contribution in [0.2, 0.25) is 5.02 Å². The Labute approximate surface area is 814 Å². The number of nitrogens with two attached hydrogens (primary N) is 1. The highest BCUT2D eigenvalue weighted by Gasteiger charge is 2.30. The Bertz CT molecular complexity index is 7190. The van der Waals surface area contributed by atoms with Crippen LogP contribution in [0.4, 0.5) is 34.9 Å². The van der Waals surface area contributed by atoms with Gasteiger partial charge in [0, 0.05) is 160 Å². The second kappa shape index (κ2) is 45.8. The Hall–Kier alpha value is -15.3. The van der Waals surface area contributed by atoms with Crippen LogP contribution in [0.25, 0.3) is 99.5 Å². The highest BCUT2D eigenvalue weighted by atomic mass is 35.5. The zero-order valence-corrected chi connectivity index (χ0v) is 80.1. The van der Waals surface area contributed by atoms with Gasteiger partial charge in [-0.05, 0) is 182 Å². The molecule has 6 aromatic carbocycles. The molecule has 0 bridgehead atoms. The number of carbonyl (C=O) groups excluding carboxylic acids is 3. The van der Waals surface area contributed by atoms with Gasteiger partial charge in [-0.2, -0.15) is 9.59 Å². The van der Waals surface area contributed by atoms with Gasteiger partial charge >= 0.3 is 6.15 Å². The number of pyridine rings is 6. The molecule has 140 heavy (non-hydrogen) atoms. The van der Waals surface area contributed by atoms with Gasteiger partial charge in [0.05, 0.1) is 162 Å². The molecule has 2 atom stereocenters. The molecule has 0 radical (unpaired) electrons. The van der Waals surface area contributed by atoms with E-state index >= 15 is 0 Å². The van der Waals surface area contributed by atoms with Crippen LogP contribution in [0.15, 0.2) is 256 Å². The predicted octanol–water partition coefficient (Wildman–Crippen LogP) is 14.7. The van der Waals surface area contributed by atoms with Crippen molar-refractivity contribution in [3.63, 3.8) is 0 Å². The largest absolute Gasteiger partial charge is 0.393 e. The minimum atomic E-state index is -0.182. The van der Waals surface area contributed by atoms with Crippen molar-refractivity contribution in [1.82, 2.24) is 93.9 Å². The van der Waals surface area contributed by atoms with Gasteiger partial charge in [0.1, 0.15) is 0 Å². The number of morpholine rings is 2. The lowest BCUT2D eigenvalue weighted by Gasteiger charge is -2.33. The number of methoxy groups -OCH3 is 1. The molecule has 0 saturated carbocycles. The molecule has 23 rings (SSSR count). The smallest absolute Gasteiger partial charge is 0.373 e. The Kier molecular flexibility index (Phi) is 31.5. The van der Waals surface area contributed by atoms with Crippen LogP contribution >= 0.6 is 11.6 Å². The van der Waals surface area contributed by atoms with E-state index in [1.54, 1.807) is 25.7 Å². The molecule has 35 heteroatoms. The molecule has 1 amide bonds. The number of aliphatic hydroxyl groups excluding tert-OH is 1. The van der Waals surface area contributed by atoms with Crippen LogP contribution < -0.4 is 40.9 Å². The van der Waals surface area contributed by atoms with E-state index in [-0.39, 0.29) is 24.3 Å². The highest BCUT2D eigenvalue weighted by molar-refractivity contribution is 6.30. The maximum absolute atomic E-state index is 11.7. The molecular weight excluding hydrogens is 1790 g/mol. The summed E-state index contributed by atoms with van der Waals surface area (Å²) in [5.41, 5.74) is 24.0. The number of nitrogens with zero attached hydrogens (tertiary/aromatic N) is 23. The number of piperidine rings is 1. The van der Waals surface area contributed by atoms with Crippen molar-refractivity contribution in [2.24, 2.45) is 5.73 Å². The van der Waals surface area contributed by atoms with Crippen molar-refractivity contribution in [3.05, 3.63) is 289 Å². The molecule has 0 spiro atoms. The average molecular weight is 1900 g/mol. The van der Waals surface area contributed by atoms with Crippen molar-refractivity contribution in [2.75, 3.05) is 155 Å². The molecule has 718 valence electrons. The fourth-order valence-electron chi connectivity index (χ4n) is 17.4. The number of anilines is 6. The Morgan fingerprint density at radius 1 is 0.436 bits per heavy atom. The van der Waals surface area contributed by atoms with Gasteiger partial charge in [-0.3, -0.25) is 34.7 Å². The number of benzene rings is 6. The second-order valence-corrected chi connectivity index (χ2v) is 35.1. The number of halogens is 1. The first kappa shape index (κ1) is 96.4. The molecule has 0 aliphatic carbocycles. The number of amides is 1. The summed E-state index contributed by atoms with van der Waals surface area (Å²) in [6, 6.07) is 61.7. The number of hydrogen-bond acceptors (Lipinski definition) is 27.